The van der Waals surface area contributed by atoms with E-state index in [1.54, 1.807) is 131 Å². The topological polar surface area (TPSA) is 513 Å². The number of carbonyl (C=O) groups excluding carboxylic acids is 15. The molecule has 15 amide bonds. The first-order chi connectivity index (χ1) is 61.4. The van der Waals surface area contributed by atoms with E-state index in [0.717, 1.165) is 36.3 Å². The summed E-state index contributed by atoms with van der Waals surface area (Å²) < 4.78 is 0. The first-order valence-electron chi connectivity index (χ1n) is 42.5. The molecule has 8 rings (SSSR count). The van der Waals surface area contributed by atoms with Crippen LogP contribution in [0.5, 0.6) is 11.5 Å². The summed E-state index contributed by atoms with van der Waals surface area (Å²) in [7, 11) is 6.50. The zero-order valence-electron chi connectivity index (χ0n) is 74.0. The summed E-state index contributed by atoms with van der Waals surface area (Å²) in [6, 6.07) is 21.7. The second-order valence-corrected chi connectivity index (χ2v) is 34.0. The smallest absolute Gasteiger partial charge is 0.305 e. The van der Waals surface area contributed by atoms with Crippen molar-refractivity contribution in [1.82, 2.24) is 82.3 Å². The molecule has 129 heavy (non-hydrogen) atoms. The summed E-state index contributed by atoms with van der Waals surface area (Å²) in [6.07, 6.45) is 2.94. The number of pyridine rings is 1. The van der Waals surface area contributed by atoms with Crippen molar-refractivity contribution in [3.05, 3.63) is 198 Å². The van der Waals surface area contributed by atoms with Crippen LogP contribution >= 0.6 is 11.8 Å². The molecule has 1 fully saturated rings. The van der Waals surface area contributed by atoms with E-state index in [2.05, 4.69) is 57.8 Å². The second kappa shape index (κ2) is 48.8. The number of aromatic hydroxyl groups is 2. The standard InChI is InChI=1S/C92H117N17O19S/c1-11-12-29-73-90(126)106(7)51-78(114)98-69(46-80(116)117)86(122)104-81(55(4)5)92(128)108(9)74(43-56-22-15-13-16-23-56)87(123)102-70(41-59-32-36-63(111)37-33-59)88(124)105(6)50-77(113)97-68(45-61-48-95-65-28-20-19-27-64(61)65)85(121)101-67(40-58-30-34-62(110)35-31-58)84(120)100-66(39-54(2)3)83(119)103-72(82(118)96-49-76(93)112)52-129-53-79(115)99-71(42-60-26-21-38-94-47-60)89(125)109(10)75(91(127)107(73)8)44-57-24-17-14-18-25-57/h13-28,30-38,47-48,54-55,66-75,81,95,110-111H,11-12,29,39-46,49-53H2,1-10H3,(H2,93,112)(H,96,118)(H,97,113)(H,98,114)(H,99,115)(H,100,120)(H,101,121)(H,102,123)(H,103,119)(H,104,122)(H,116,117)/t66-,67-,68-,69?,70-,71?,72?,73-,74-,75-,81-/m0/s1. The van der Waals surface area contributed by atoms with E-state index in [0.29, 0.717) is 57.1 Å². The Hall–Kier alpha value is -13.7. The highest BCUT2D eigenvalue weighted by molar-refractivity contribution is 8.00. The van der Waals surface area contributed by atoms with Gasteiger partial charge in [-0.1, -0.05) is 157 Å². The lowest BCUT2D eigenvalue weighted by molar-refractivity contribution is -0.151. The number of primary amides is 1. The van der Waals surface area contributed by atoms with Crippen LogP contribution in [0.3, 0.4) is 0 Å². The molecule has 3 heterocycles. The van der Waals surface area contributed by atoms with E-state index in [-0.39, 0.29) is 68.8 Å². The lowest BCUT2D eigenvalue weighted by Gasteiger charge is -2.37. The number of thioether (sulfide) groups is 1. The normalized spacial score (nSPS) is 21.9. The number of H-pyrrole nitrogens is 1. The molecule has 0 aliphatic carbocycles. The number of hydrogen-bond acceptors (Lipinski definition) is 20. The summed E-state index contributed by atoms with van der Waals surface area (Å²) in [4.78, 5) is 247. The fourth-order valence-corrected chi connectivity index (χ4v) is 15.7. The number of fused-ring (bicyclic) bond motifs is 1. The Morgan fingerprint density at radius 1 is 0.488 bits per heavy atom. The van der Waals surface area contributed by atoms with Crippen molar-refractivity contribution >= 4 is 117 Å². The number of aromatic nitrogens is 2. The molecule has 15 N–H and O–H groups in total. The van der Waals surface area contributed by atoms with Crippen LogP contribution in [0.4, 0.5) is 0 Å². The molecule has 690 valence electrons. The maximum Gasteiger partial charge on any atom is 0.305 e. The molecule has 1 aliphatic rings. The number of benzene rings is 5. The fraction of sp³-hybridized carbons (Fsp3) is 0.424. The van der Waals surface area contributed by atoms with E-state index < -0.39 is 205 Å². The molecule has 0 radical (unpaired) electrons. The molecular formula is C92H117N17O19S. The number of nitrogens with zero attached hydrogens (tertiary/aromatic N) is 6. The number of rotatable bonds is 23. The van der Waals surface area contributed by atoms with Gasteiger partial charge in [0.1, 0.15) is 78.0 Å². The van der Waals surface area contributed by atoms with Crippen molar-refractivity contribution in [2.75, 3.05) is 66.4 Å². The van der Waals surface area contributed by atoms with E-state index in [1.165, 1.54) is 96.2 Å². The molecule has 1 aliphatic heterocycles. The number of likely N-dealkylation sites (N-methyl/N-ethyl adjacent to an activating group) is 5. The van der Waals surface area contributed by atoms with Crippen LogP contribution in [0.2, 0.25) is 0 Å². The minimum atomic E-state index is -1.91. The van der Waals surface area contributed by atoms with Gasteiger partial charge in [-0.3, -0.25) is 81.7 Å². The number of para-hydroxylation sites is 1. The van der Waals surface area contributed by atoms with Crippen molar-refractivity contribution in [2.45, 2.75) is 172 Å². The van der Waals surface area contributed by atoms with Gasteiger partial charge in [0.2, 0.25) is 88.6 Å². The Bertz CT molecular complexity index is 5070. The number of phenolic OH excluding ortho intramolecular Hbond substituents is 2. The molecular weight excluding hydrogens is 1680 g/mol. The van der Waals surface area contributed by atoms with Gasteiger partial charge in [-0.05, 0) is 94.5 Å². The number of carbonyl (C=O) groups is 16. The third kappa shape index (κ3) is 30.5. The van der Waals surface area contributed by atoms with Gasteiger partial charge in [0.25, 0.3) is 0 Å². The van der Waals surface area contributed by atoms with Crippen molar-refractivity contribution in [1.29, 1.82) is 0 Å². The monoisotopic (exact) mass is 1800 g/mol. The fourth-order valence-electron chi connectivity index (χ4n) is 14.9. The number of carboxylic acid groups (broad SMARTS) is 1. The first-order valence-corrected chi connectivity index (χ1v) is 43.7. The summed E-state index contributed by atoms with van der Waals surface area (Å²) in [5, 5.41) is 55.5. The van der Waals surface area contributed by atoms with E-state index in [9.17, 15) is 58.5 Å². The summed E-state index contributed by atoms with van der Waals surface area (Å²) in [5.41, 5.74) is 8.98. The van der Waals surface area contributed by atoms with Crippen LogP contribution in [0, 0.1) is 11.8 Å². The summed E-state index contributed by atoms with van der Waals surface area (Å²) in [6.45, 7) is 6.15. The quantitative estimate of drug-likeness (QED) is 0.0433. The zero-order chi connectivity index (χ0) is 94.3. The van der Waals surface area contributed by atoms with E-state index in [4.69, 9.17) is 5.73 Å². The first kappa shape index (κ1) is 101. The maximum atomic E-state index is 15.5. The average Bonchev–Trinajstić information content (AvgIpc) is 1.50. The number of hydrogen-bond donors (Lipinski definition) is 14. The van der Waals surface area contributed by atoms with Crippen molar-refractivity contribution in [2.24, 2.45) is 17.6 Å². The SMILES string of the molecule is CCCC[C@H]1C(=O)N(C)CC(=O)NC(CC(=O)O)C(=O)N[C@@H](C(C)C)C(=O)N(C)[C@@H](Cc2ccccc2)C(=O)N[C@@H](Cc2ccc(O)cc2)C(=O)N(C)CC(=O)N[C@@H](Cc2c[nH]c3ccccc23)C(=O)N[C@@H](Cc2ccc(O)cc2)C(=O)N[C@@H](CC(C)C)C(=O)NC(C(=O)NCC(N)=O)CSCC(=O)NC(Cc2cccnc2)C(=O)N(C)[C@@H](Cc2ccccc2)C(=O)N1C. The van der Waals surface area contributed by atoms with Crippen LogP contribution < -0.4 is 53.6 Å². The van der Waals surface area contributed by atoms with Gasteiger partial charge in [-0.2, -0.15) is 0 Å². The van der Waals surface area contributed by atoms with Crippen LogP contribution in [0.15, 0.2) is 164 Å². The predicted octanol–water partition coefficient (Wildman–Crippen LogP) is 1.72. The molecule has 5 aromatic carbocycles. The molecule has 7 aromatic rings. The lowest BCUT2D eigenvalue weighted by Crippen LogP contribution is -2.61. The Morgan fingerprint density at radius 3 is 1.53 bits per heavy atom. The Morgan fingerprint density at radius 2 is 0.969 bits per heavy atom. The number of phenols is 2. The average molecular weight is 1800 g/mol. The van der Waals surface area contributed by atoms with Crippen molar-refractivity contribution in [3.8, 4) is 11.5 Å². The van der Waals surface area contributed by atoms with Crippen molar-refractivity contribution in [3.63, 3.8) is 0 Å². The molecule has 0 bridgehead atoms. The maximum absolute atomic E-state index is 15.5. The number of unbranched alkanes of at least 4 members (excludes halogenated alkanes) is 1. The van der Waals surface area contributed by atoms with Gasteiger partial charge in [0, 0.05) is 109 Å². The van der Waals surface area contributed by atoms with Gasteiger partial charge >= 0.3 is 5.97 Å². The van der Waals surface area contributed by atoms with Crippen LogP contribution in [0.1, 0.15) is 100 Å². The number of nitrogens with one attached hydrogen (secondary N) is 10. The van der Waals surface area contributed by atoms with Gasteiger partial charge < -0.3 is 98.4 Å². The molecule has 0 spiro atoms. The summed E-state index contributed by atoms with van der Waals surface area (Å²) in [5.74, 6) is -17.6. The predicted molar refractivity (Wildman–Crippen MR) is 480 cm³/mol. The number of aliphatic carboxylic acids is 1. The van der Waals surface area contributed by atoms with E-state index in [1.807, 2.05) is 6.92 Å². The van der Waals surface area contributed by atoms with Crippen molar-refractivity contribution < 1.29 is 92.0 Å². The number of nitrogens with two attached hydrogens (primary N) is 1. The van der Waals surface area contributed by atoms with Crippen LogP contribution in [0.25, 0.3) is 10.9 Å². The third-order valence-electron chi connectivity index (χ3n) is 21.9. The molecule has 3 unspecified atom stereocenters. The summed E-state index contributed by atoms with van der Waals surface area (Å²) >= 11 is 0.817. The highest BCUT2D eigenvalue weighted by Crippen LogP contribution is 2.25. The number of carboxylic acids is 1. The van der Waals surface area contributed by atoms with Gasteiger partial charge in [-0.25, -0.2) is 0 Å². The lowest BCUT2D eigenvalue weighted by atomic mass is 9.98. The highest BCUT2D eigenvalue weighted by atomic mass is 32.2. The molecule has 2 aromatic heterocycles. The van der Waals surface area contributed by atoms with Crippen LogP contribution in [-0.4, -0.2) is 277 Å². The minimum absolute atomic E-state index is 0.0230. The molecule has 1 saturated heterocycles. The largest absolute Gasteiger partial charge is 0.508 e. The van der Waals surface area contributed by atoms with Crippen LogP contribution in [-0.2, 0) is 115 Å². The Labute approximate surface area is 752 Å². The Balaban J connectivity index is 1.21. The number of aromatic amines is 1. The number of amides is 15. The van der Waals surface area contributed by atoms with E-state index >= 15 is 33.6 Å². The third-order valence-corrected chi connectivity index (χ3v) is 23.0. The molecule has 37 heteroatoms. The zero-order valence-corrected chi connectivity index (χ0v) is 74.8. The minimum Gasteiger partial charge on any atom is -0.508 e. The van der Waals surface area contributed by atoms with Gasteiger partial charge in [0.15, 0.2) is 0 Å². The van der Waals surface area contributed by atoms with Gasteiger partial charge in [-0.15, -0.1) is 11.8 Å². The highest BCUT2D eigenvalue weighted by Gasteiger charge is 2.42. The second-order valence-electron chi connectivity index (χ2n) is 32.9. The van der Waals surface area contributed by atoms with Gasteiger partial charge in [0.05, 0.1) is 31.8 Å². The molecule has 11 atom stereocenters. The Kier molecular flexibility index (Phi) is 38.1. The molecule has 0 saturated carbocycles. The molecule has 36 nitrogen and oxygen atoms in total.